The highest BCUT2D eigenvalue weighted by Gasteiger charge is 2.24. The number of carbonyl (C=O) groups excluding carboxylic acids is 1. The molecule has 0 spiro atoms. The largest absolute Gasteiger partial charge is 0.450 e. The van der Waals surface area contributed by atoms with Crippen molar-refractivity contribution in [3.8, 4) is 0 Å². The van der Waals surface area contributed by atoms with Crippen molar-refractivity contribution in [3.05, 3.63) is 80.7 Å². The monoisotopic (exact) mass is 460 g/mol. The average molecular weight is 461 g/mol. The van der Waals surface area contributed by atoms with Gasteiger partial charge in [-0.25, -0.2) is 0 Å². The van der Waals surface area contributed by atoms with Crippen LogP contribution < -0.4 is 10.7 Å². The fourth-order valence-corrected chi connectivity index (χ4v) is 4.89. The summed E-state index contributed by atoms with van der Waals surface area (Å²) in [4.78, 5) is 28.2. The first-order chi connectivity index (χ1) is 16.1. The Balaban J connectivity index is 1.57. The Kier molecular flexibility index (Phi) is 6.94. The van der Waals surface area contributed by atoms with Crippen LogP contribution in [-0.2, 0) is 5.41 Å². The first-order valence-corrected chi connectivity index (χ1v) is 12.3. The van der Waals surface area contributed by atoms with Gasteiger partial charge in [0.05, 0.1) is 11.4 Å². The number of likely N-dealkylation sites (tertiary alicyclic amines) is 1. The van der Waals surface area contributed by atoms with Crippen molar-refractivity contribution in [1.29, 1.82) is 0 Å². The highest BCUT2D eigenvalue weighted by Crippen LogP contribution is 2.28. The van der Waals surface area contributed by atoms with E-state index >= 15 is 0 Å². The summed E-state index contributed by atoms with van der Waals surface area (Å²) in [6, 6.07) is 13.9. The molecule has 1 aliphatic rings. The van der Waals surface area contributed by atoms with E-state index in [1.54, 1.807) is 0 Å². The van der Waals surface area contributed by atoms with Crippen LogP contribution in [-0.4, -0.2) is 30.4 Å². The van der Waals surface area contributed by atoms with E-state index in [-0.39, 0.29) is 28.6 Å². The molecule has 5 heteroatoms. The molecule has 4 rings (SSSR count). The first-order valence-electron chi connectivity index (χ1n) is 12.3. The molecular weight excluding hydrogens is 424 g/mol. The van der Waals surface area contributed by atoms with E-state index in [4.69, 9.17) is 4.42 Å². The maximum atomic E-state index is 13.1. The van der Waals surface area contributed by atoms with Crippen LogP contribution in [0, 0.1) is 13.8 Å². The zero-order valence-electron chi connectivity index (χ0n) is 21.0. The Bertz CT molecular complexity index is 1230. The number of carbonyl (C=O) groups is 1. The molecule has 0 radical (unpaired) electrons. The Morgan fingerprint density at radius 2 is 1.71 bits per heavy atom. The fraction of sp³-hybridized carbons (Fsp3) is 0.448. The van der Waals surface area contributed by atoms with Gasteiger partial charge in [-0.3, -0.25) is 14.5 Å². The second-order valence-electron chi connectivity index (χ2n) is 10.6. The maximum absolute atomic E-state index is 13.1. The lowest BCUT2D eigenvalue weighted by atomic mass is 9.86. The van der Waals surface area contributed by atoms with Crippen molar-refractivity contribution in [2.45, 2.75) is 65.3 Å². The topological polar surface area (TPSA) is 62.6 Å². The van der Waals surface area contributed by atoms with Gasteiger partial charge in [-0.05, 0) is 73.5 Å². The van der Waals surface area contributed by atoms with E-state index in [0.29, 0.717) is 17.5 Å². The molecule has 1 amide bonds. The molecule has 2 aromatic carbocycles. The van der Waals surface area contributed by atoms with Gasteiger partial charge in [-0.2, -0.15) is 0 Å². The minimum Gasteiger partial charge on any atom is -0.450 e. The van der Waals surface area contributed by atoms with E-state index in [2.05, 4.69) is 55.3 Å². The number of hydrogen-bond acceptors (Lipinski definition) is 4. The predicted octanol–water partition coefficient (Wildman–Crippen LogP) is 5.66. The first kappa shape index (κ1) is 24.2. The standard InChI is InChI=1S/C29H36N2O3/c1-19-15-20(2)27-23(16-19)25(32)17-26(34-27)28(33)30-18-24(31-13-7-6-8-14-31)21-9-11-22(12-10-21)29(3,4)5/h9-12,15-17,24H,6-8,13-14,18H2,1-5H3,(H,30,33)/t24-/m0/s1. The van der Waals surface area contributed by atoms with E-state index in [9.17, 15) is 9.59 Å². The summed E-state index contributed by atoms with van der Waals surface area (Å²) in [5.74, 6) is -0.294. The number of aryl methyl sites for hydroxylation is 2. The molecule has 1 N–H and O–H groups in total. The number of nitrogens with zero attached hydrogens (tertiary/aromatic N) is 1. The van der Waals surface area contributed by atoms with Gasteiger partial charge in [0.25, 0.3) is 5.91 Å². The molecule has 0 saturated carbocycles. The minimum atomic E-state index is -0.354. The van der Waals surface area contributed by atoms with Crippen LogP contribution in [0.1, 0.15) is 78.9 Å². The average Bonchev–Trinajstić information content (AvgIpc) is 2.80. The van der Waals surface area contributed by atoms with Crippen molar-refractivity contribution in [1.82, 2.24) is 10.2 Å². The lowest BCUT2D eigenvalue weighted by molar-refractivity contribution is 0.0897. The number of rotatable bonds is 5. The van der Waals surface area contributed by atoms with Gasteiger partial charge >= 0.3 is 0 Å². The minimum absolute atomic E-state index is 0.0601. The van der Waals surface area contributed by atoms with E-state index in [0.717, 1.165) is 24.2 Å². The quantitative estimate of drug-likeness (QED) is 0.533. The number of benzene rings is 2. The molecule has 1 aromatic heterocycles. The number of fused-ring (bicyclic) bond motifs is 1. The fourth-order valence-electron chi connectivity index (χ4n) is 4.89. The Morgan fingerprint density at radius 1 is 1.03 bits per heavy atom. The predicted molar refractivity (Wildman–Crippen MR) is 138 cm³/mol. The van der Waals surface area contributed by atoms with Crippen molar-refractivity contribution in [2.75, 3.05) is 19.6 Å². The zero-order valence-corrected chi connectivity index (χ0v) is 21.0. The summed E-state index contributed by atoms with van der Waals surface area (Å²) in [7, 11) is 0. The zero-order chi connectivity index (χ0) is 24.5. The van der Waals surface area contributed by atoms with Crippen LogP contribution in [0.4, 0.5) is 0 Å². The Hall–Kier alpha value is -2.92. The second-order valence-corrected chi connectivity index (χ2v) is 10.6. The summed E-state index contributed by atoms with van der Waals surface area (Å²) < 4.78 is 5.90. The van der Waals surface area contributed by atoms with Crippen LogP contribution in [0.2, 0.25) is 0 Å². The molecular formula is C29H36N2O3. The molecule has 1 aliphatic heterocycles. The van der Waals surface area contributed by atoms with Crippen LogP contribution in [0.3, 0.4) is 0 Å². The molecule has 0 bridgehead atoms. The van der Waals surface area contributed by atoms with E-state index in [1.807, 2.05) is 26.0 Å². The molecule has 0 unspecified atom stereocenters. The van der Waals surface area contributed by atoms with E-state index in [1.165, 1.54) is 36.5 Å². The molecule has 1 atom stereocenters. The van der Waals surface area contributed by atoms with Crippen LogP contribution in [0.15, 0.2) is 51.7 Å². The van der Waals surface area contributed by atoms with Gasteiger partial charge in [0.2, 0.25) is 0 Å². The summed E-state index contributed by atoms with van der Waals surface area (Å²) in [5, 5.41) is 3.56. The van der Waals surface area contributed by atoms with Crippen LogP contribution >= 0.6 is 0 Å². The third-order valence-corrected chi connectivity index (χ3v) is 6.83. The molecule has 34 heavy (non-hydrogen) atoms. The van der Waals surface area contributed by atoms with Crippen LogP contribution in [0.25, 0.3) is 11.0 Å². The summed E-state index contributed by atoms with van der Waals surface area (Å²) in [5.41, 5.74) is 4.72. The second kappa shape index (κ2) is 9.75. The maximum Gasteiger partial charge on any atom is 0.287 e. The van der Waals surface area contributed by atoms with Crippen molar-refractivity contribution in [2.24, 2.45) is 0 Å². The molecule has 3 aromatic rings. The van der Waals surface area contributed by atoms with Crippen molar-refractivity contribution in [3.63, 3.8) is 0 Å². The van der Waals surface area contributed by atoms with Gasteiger partial charge in [0.1, 0.15) is 5.58 Å². The van der Waals surface area contributed by atoms with Crippen LogP contribution in [0.5, 0.6) is 0 Å². The molecule has 5 nitrogen and oxygen atoms in total. The Morgan fingerprint density at radius 3 is 2.35 bits per heavy atom. The number of amides is 1. The van der Waals surface area contributed by atoms with Crippen molar-refractivity contribution < 1.29 is 9.21 Å². The third-order valence-electron chi connectivity index (χ3n) is 6.83. The smallest absolute Gasteiger partial charge is 0.287 e. The van der Waals surface area contributed by atoms with Gasteiger partial charge in [0.15, 0.2) is 11.2 Å². The third kappa shape index (κ3) is 5.25. The van der Waals surface area contributed by atoms with Crippen molar-refractivity contribution >= 4 is 16.9 Å². The highest BCUT2D eigenvalue weighted by atomic mass is 16.3. The van der Waals surface area contributed by atoms with Gasteiger partial charge < -0.3 is 9.73 Å². The number of nitrogens with one attached hydrogen (secondary N) is 1. The lowest BCUT2D eigenvalue weighted by Gasteiger charge is -2.35. The molecule has 180 valence electrons. The molecule has 1 fully saturated rings. The van der Waals surface area contributed by atoms with Gasteiger partial charge in [0, 0.05) is 12.6 Å². The van der Waals surface area contributed by atoms with Gasteiger partial charge in [-0.1, -0.05) is 57.5 Å². The molecule has 0 aliphatic carbocycles. The summed E-state index contributed by atoms with van der Waals surface area (Å²) in [6.07, 6.45) is 3.59. The van der Waals surface area contributed by atoms with Gasteiger partial charge in [-0.15, -0.1) is 0 Å². The summed E-state index contributed by atoms with van der Waals surface area (Å²) in [6.45, 7) is 13.0. The highest BCUT2D eigenvalue weighted by molar-refractivity contribution is 5.93. The SMILES string of the molecule is Cc1cc(C)c2oc(C(=O)NC[C@@H](c3ccc(C(C)(C)C)cc3)N3CCCCC3)cc(=O)c2c1. The van der Waals surface area contributed by atoms with E-state index < -0.39 is 0 Å². The Labute approximate surface area is 202 Å². The normalized spacial score (nSPS) is 15.9. The molecule has 1 saturated heterocycles. The lowest BCUT2D eigenvalue weighted by Crippen LogP contribution is -2.40. The number of hydrogen-bond donors (Lipinski definition) is 1. The molecule has 2 heterocycles. The number of piperidine rings is 1. The summed E-state index contributed by atoms with van der Waals surface area (Å²) >= 11 is 0.